The Morgan fingerprint density at radius 3 is 2.40 bits per heavy atom. The van der Waals surface area contributed by atoms with Gasteiger partial charge in [-0.3, -0.25) is 0 Å². The molecule has 1 rings (SSSR count). The summed E-state index contributed by atoms with van der Waals surface area (Å²) in [5.74, 6) is 0. The maximum absolute atomic E-state index is 9.97. The van der Waals surface area contributed by atoms with Crippen molar-refractivity contribution in [2.45, 2.75) is 12.8 Å². The Bertz CT molecular complexity index is 130. The predicted octanol–water partition coefficient (Wildman–Crippen LogP) is 1.09. The van der Waals surface area contributed by atoms with Crippen molar-refractivity contribution in [3.05, 3.63) is 4.91 Å². The lowest BCUT2D eigenvalue weighted by Gasteiger charge is -2.16. The van der Waals surface area contributed by atoms with E-state index in [2.05, 4.69) is 10.1 Å². The molecule has 0 atom stereocenters. The Balaban J connectivity index is 2.30. The highest BCUT2D eigenvalue weighted by Crippen LogP contribution is 2.46. The fraction of sp³-hybridized carbons (Fsp3) is 1.00. The molecule has 10 heavy (non-hydrogen) atoms. The number of hydrogen-bond acceptors (Lipinski definition) is 3. The first kappa shape index (κ1) is 7.66. The minimum atomic E-state index is 0.269. The van der Waals surface area contributed by atoms with E-state index in [4.69, 9.17) is 0 Å². The van der Waals surface area contributed by atoms with Crippen LogP contribution in [0.5, 0.6) is 0 Å². The van der Waals surface area contributed by atoms with Crippen molar-refractivity contribution in [1.82, 2.24) is 4.90 Å². The average Bonchev–Trinajstić information content (AvgIpc) is 2.47. The van der Waals surface area contributed by atoms with E-state index in [1.165, 1.54) is 12.8 Å². The third kappa shape index (κ3) is 1.77. The molecular weight excluding hydrogens is 128 g/mol. The molecule has 0 spiro atoms. The predicted molar refractivity (Wildman–Crippen MR) is 40.9 cm³/mol. The van der Waals surface area contributed by atoms with Crippen molar-refractivity contribution in [3.63, 3.8) is 0 Å². The second-order valence-electron chi connectivity index (χ2n) is 3.52. The average molecular weight is 142 g/mol. The first-order valence-electron chi connectivity index (χ1n) is 3.62. The van der Waals surface area contributed by atoms with Gasteiger partial charge in [-0.25, -0.2) is 0 Å². The molecule has 0 unspecified atom stereocenters. The van der Waals surface area contributed by atoms with Crippen LogP contribution >= 0.6 is 0 Å². The van der Waals surface area contributed by atoms with Gasteiger partial charge in [-0.15, -0.1) is 0 Å². The van der Waals surface area contributed by atoms with Crippen LogP contribution in [0, 0.1) is 10.3 Å². The van der Waals surface area contributed by atoms with Crippen LogP contribution in [0.1, 0.15) is 12.8 Å². The molecule has 1 fully saturated rings. The molecule has 0 amide bonds. The normalized spacial score (nSPS) is 21.1. The van der Waals surface area contributed by atoms with E-state index < -0.39 is 0 Å². The lowest BCUT2D eigenvalue weighted by atomic mass is 10.1. The molecule has 0 radical (unpaired) electrons. The molecule has 3 nitrogen and oxygen atoms in total. The zero-order valence-electron chi connectivity index (χ0n) is 6.63. The first-order valence-corrected chi connectivity index (χ1v) is 3.62. The van der Waals surface area contributed by atoms with Crippen LogP contribution in [0.4, 0.5) is 0 Å². The van der Waals surface area contributed by atoms with E-state index in [1.807, 2.05) is 14.1 Å². The maximum atomic E-state index is 9.97. The largest absolute Gasteiger partial charge is 0.309 e. The van der Waals surface area contributed by atoms with E-state index in [-0.39, 0.29) is 5.41 Å². The van der Waals surface area contributed by atoms with E-state index in [9.17, 15) is 4.91 Å². The van der Waals surface area contributed by atoms with E-state index in [0.717, 1.165) is 6.54 Å². The van der Waals surface area contributed by atoms with Crippen LogP contribution in [-0.2, 0) is 0 Å². The van der Waals surface area contributed by atoms with Crippen LogP contribution in [0.2, 0.25) is 0 Å². The van der Waals surface area contributed by atoms with Crippen molar-refractivity contribution in [2.75, 3.05) is 27.2 Å². The molecular formula is C7H14N2O. The molecule has 0 aliphatic heterocycles. The van der Waals surface area contributed by atoms with Gasteiger partial charge in [0.15, 0.2) is 0 Å². The summed E-state index contributed by atoms with van der Waals surface area (Å²) in [5.41, 5.74) is 0.269. The lowest BCUT2D eigenvalue weighted by molar-refractivity contribution is 0.314. The highest BCUT2D eigenvalue weighted by Gasteiger charge is 2.43. The molecule has 0 aromatic heterocycles. The topological polar surface area (TPSA) is 32.7 Å². The van der Waals surface area contributed by atoms with Gasteiger partial charge < -0.3 is 4.90 Å². The summed E-state index contributed by atoms with van der Waals surface area (Å²) in [6, 6.07) is 0. The minimum Gasteiger partial charge on any atom is -0.309 e. The molecule has 3 heteroatoms. The van der Waals surface area contributed by atoms with E-state index >= 15 is 0 Å². The van der Waals surface area contributed by atoms with Gasteiger partial charge in [0.05, 0.1) is 6.54 Å². The Labute approximate surface area is 61.4 Å². The van der Waals surface area contributed by atoms with Crippen molar-refractivity contribution >= 4 is 0 Å². The molecule has 0 aromatic rings. The van der Waals surface area contributed by atoms with Crippen molar-refractivity contribution in [2.24, 2.45) is 10.6 Å². The van der Waals surface area contributed by atoms with Crippen LogP contribution in [0.15, 0.2) is 5.18 Å². The van der Waals surface area contributed by atoms with Crippen LogP contribution in [-0.4, -0.2) is 32.1 Å². The van der Waals surface area contributed by atoms with Crippen molar-refractivity contribution in [1.29, 1.82) is 0 Å². The van der Waals surface area contributed by atoms with E-state index in [1.54, 1.807) is 0 Å². The fourth-order valence-corrected chi connectivity index (χ4v) is 1.35. The van der Waals surface area contributed by atoms with Crippen molar-refractivity contribution in [3.8, 4) is 0 Å². The quantitative estimate of drug-likeness (QED) is 0.550. The zero-order valence-corrected chi connectivity index (χ0v) is 6.63. The van der Waals surface area contributed by atoms with Gasteiger partial charge in [0.25, 0.3) is 0 Å². The molecule has 1 aliphatic carbocycles. The first-order chi connectivity index (χ1) is 4.68. The third-order valence-corrected chi connectivity index (χ3v) is 2.01. The molecule has 1 aliphatic rings. The highest BCUT2D eigenvalue weighted by atomic mass is 16.3. The highest BCUT2D eigenvalue weighted by molar-refractivity contribution is 4.96. The molecule has 0 heterocycles. The summed E-state index contributed by atoms with van der Waals surface area (Å²) in [6.45, 7) is 1.52. The summed E-state index contributed by atoms with van der Waals surface area (Å²) >= 11 is 0. The monoisotopic (exact) mass is 142 g/mol. The molecule has 0 N–H and O–H groups in total. The van der Waals surface area contributed by atoms with Gasteiger partial charge in [0.2, 0.25) is 0 Å². The van der Waals surface area contributed by atoms with Gasteiger partial charge in [-0.05, 0) is 26.9 Å². The lowest BCUT2D eigenvalue weighted by Crippen LogP contribution is -2.24. The Morgan fingerprint density at radius 2 is 2.10 bits per heavy atom. The molecule has 58 valence electrons. The molecule has 1 saturated carbocycles. The molecule has 0 bridgehead atoms. The Hall–Kier alpha value is -0.440. The van der Waals surface area contributed by atoms with Crippen molar-refractivity contribution < 1.29 is 0 Å². The second kappa shape index (κ2) is 2.66. The standard InChI is InChI=1S/C7H14N2O/c1-9(2)6-7(3-4-7)5-8-10/h3-6H2,1-2H3. The van der Waals surface area contributed by atoms with Gasteiger partial charge >= 0.3 is 0 Å². The second-order valence-corrected chi connectivity index (χ2v) is 3.52. The third-order valence-electron chi connectivity index (χ3n) is 2.01. The summed E-state index contributed by atoms with van der Waals surface area (Å²) in [5, 5.41) is 2.95. The minimum absolute atomic E-state index is 0.269. The smallest absolute Gasteiger partial charge is 0.0879 e. The molecule has 0 saturated heterocycles. The summed E-state index contributed by atoms with van der Waals surface area (Å²) in [6.07, 6.45) is 2.36. The number of rotatable bonds is 4. The zero-order chi connectivity index (χ0) is 7.61. The number of nitrogens with zero attached hydrogens (tertiary/aromatic N) is 2. The fourth-order valence-electron chi connectivity index (χ4n) is 1.35. The SMILES string of the molecule is CN(C)CC1(CN=O)CC1. The van der Waals surface area contributed by atoms with Crippen LogP contribution in [0.3, 0.4) is 0 Å². The summed E-state index contributed by atoms with van der Waals surface area (Å²) in [4.78, 5) is 12.1. The van der Waals surface area contributed by atoms with E-state index in [0.29, 0.717) is 6.54 Å². The Morgan fingerprint density at radius 1 is 1.50 bits per heavy atom. The van der Waals surface area contributed by atoms with Gasteiger partial charge in [0, 0.05) is 12.0 Å². The number of hydrogen-bond donors (Lipinski definition) is 0. The summed E-state index contributed by atoms with van der Waals surface area (Å²) < 4.78 is 0. The Kier molecular flexibility index (Phi) is 2.04. The van der Waals surface area contributed by atoms with Gasteiger partial charge in [0.1, 0.15) is 0 Å². The number of nitroso groups, excluding NO2 is 1. The maximum Gasteiger partial charge on any atom is 0.0879 e. The van der Waals surface area contributed by atoms with Crippen LogP contribution in [0.25, 0.3) is 0 Å². The van der Waals surface area contributed by atoms with Crippen LogP contribution < -0.4 is 0 Å². The van der Waals surface area contributed by atoms with Gasteiger partial charge in [-0.2, -0.15) is 4.91 Å². The van der Waals surface area contributed by atoms with Gasteiger partial charge in [-0.1, -0.05) is 5.18 Å². The summed E-state index contributed by atoms with van der Waals surface area (Å²) in [7, 11) is 4.07. The molecule has 0 aromatic carbocycles.